The summed E-state index contributed by atoms with van der Waals surface area (Å²) in [6.07, 6.45) is 0. The van der Waals surface area contributed by atoms with Crippen LogP contribution in [0.15, 0.2) is 65.1 Å². The highest BCUT2D eigenvalue weighted by atomic mass is 79.9. The van der Waals surface area contributed by atoms with Crippen LogP contribution in [0.4, 0.5) is 11.4 Å². The van der Waals surface area contributed by atoms with Crippen molar-refractivity contribution in [1.29, 1.82) is 0 Å². The lowest BCUT2D eigenvalue weighted by molar-refractivity contribution is -0.118. The van der Waals surface area contributed by atoms with Crippen LogP contribution in [0, 0.1) is 12.8 Å². The highest BCUT2D eigenvalue weighted by molar-refractivity contribution is 9.10. The van der Waals surface area contributed by atoms with Crippen LogP contribution >= 0.6 is 15.9 Å². The summed E-state index contributed by atoms with van der Waals surface area (Å²) in [5.41, 5.74) is 5.12. The summed E-state index contributed by atoms with van der Waals surface area (Å²) >= 11 is 3.65. The average Bonchev–Trinajstić information content (AvgIpc) is 2.78. The minimum Gasteiger partial charge on any atom is -0.493 e. The Hall–Kier alpha value is -2.99. The van der Waals surface area contributed by atoms with E-state index in [1.165, 1.54) is 5.56 Å². The van der Waals surface area contributed by atoms with Gasteiger partial charge in [-0.05, 0) is 60.0 Å². The van der Waals surface area contributed by atoms with Crippen LogP contribution in [-0.2, 0) is 17.9 Å². The van der Waals surface area contributed by atoms with Gasteiger partial charge in [0.25, 0.3) is 0 Å². The molecular weight excluding hydrogens is 468 g/mol. The first-order valence-corrected chi connectivity index (χ1v) is 11.3. The molecule has 0 spiro atoms. The molecule has 0 aromatic heterocycles. The molecule has 0 heterocycles. The molecule has 0 aliphatic rings. The number of carbonyl (C=O) groups excluding carboxylic acids is 1. The van der Waals surface area contributed by atoms with Crippen LogP contribution in [0.25, 0.3) is 0 Å². The summed E-state index contributed by atoms with van der Waals surface area (Å²) in [6.45, 7) is 6.90. The Kier molecular flexibility index (Phi) is 8.17. The Morgan fingerprint density at radius 1 is 0.969 bits per heavy atom. The van der Waals surface area contributed by atoms with Crippen molar-refractivity contribution in [3.8, 4) is 11.5 Å². The Morgan fingerprint density at radius 2 is 1.66 bits per heavy atom. The van der Waals surface area contributed by atoms with E-state index in [0.29, 0.717) is 24.7 Å². The van der Waals surface area contributed by atoms with Crippen LogP contribution in [0.2, 0.25) is 0 Å². The Morgan fingerprint density at radius 3 is 2.31 bits per heavy atom. The predicted molar refractivity (Wildman–Crippen MR) is 133 cm³/mol. The molecule has 0 bridgehead atoms. The average molecular weight is 497 g/mol. The number of nitrogens with one attached hydrogen (secondary N) is 2. The summed E-state index contributed by atoms with van der Waals surface area (Å²) in [5, 5.41) is 6.30. The Bertz CT molecular complexity index is 1070. The molecule has 1 amide bonds. The smallest absolute Gasteiger partial charge is 0.226 e. The van der Waals surface area contributed by atoms with Gasteiger partial charge in [0, 0.05) is 28.3 Å². The molecular formula is C26H29BrN2O3. The number of carbonyl (C=O) groups is 1. The molecule has 6 heteroatoms. The molecule has 3 aromatic rings. The maximum Gasteiger partial charge on any atom is 0.226 e. The molecule has 0 radical (unpaired) electrons. The molecule has 0 aliphatic heterocycles. The topological polar surface area (TPSA) is 59.6 Å². The second-order valence-corrected chi connectivity index (χ2v) is 8.74. The molecule has 0 saturated heterocycles. The van der Waals surface area contributed by atoms with E-state index in [-0.39, 0.29) is 11.8 Å². The molecule has 0 unspecified atom stereocenters. The molecule has 0 aliphatic carbocycles. The van der Waals surface area contributed by atoms with Gasteiger partial charge in [0.15, 0.2) is 11.5 Å². The van der Waals surface area contributed by atoms with Crippen LogP contribution < -0.4 is 20.1 Å². The van der Waals surface area contributed by atoms with E-state index in [9.17, 15) is 4.79 Å². The molecule has 3 aromatic carbocycles. The van der Waals surface area contributed by atoms with Gasteiger partial charge in [-0.2, -0.15) is 0 Å². The molecule has 168 valence electrons. The molecule has 0 saturated carbocycles. The molecule has 5 nitrogen and oxygen atoms in total. The zero-order valence-electron chi connectivity index (χ0n) is 18.9. The number of aryl methyl sites for hydroxylation is 1. The fourth-order valence-electron chi connectivity index (χ4n) is 3.07. The second-order valence-electron chi connectivity index (χ2n) is 7.88. The van der Waals surface area contributed by atoms with Crippen LogP contribution in [0.3, 0.4) is 0 Å². The highest BCUT2D eigenvalue weighted by Gasteiger charge is 2.12. The molecule has 0 atom stereocenters. The third-order valence-corrected chi connectivity index (χ3v) is 5.88. The van der Waals surface area contributed by atoms with Gasteiger partial charge in [0.05, 0.1) is 7.11 Å². The quantitative estimate of drug-likeness (QED) is 0.352. The van der Waals surface area contributed by atoms with Gasteiger partial charge in [-0.25, -0.2) is 0 Å². The van der Waals surface area contributed by atoms with Gasteiger partial charge in [-0.15, -0.1) is 0 Å². The highest BCUT2D eigenvalue weighted by Crippen LogP contribution is 2.34. The van der Waals surface area contributed by atoms with E-state index >= 15 is 0 Å². The number of hydrogen-bond acceptors (Lipinski definition) is 4. The number of anilines is 2. The summed E-state index contributed by atoms with van der Waals surface area (Å²) < 4.78 is 12.6. The molecule has 2 N–H and O–H groups in total. The fourth-order valence-corrected chi connectivity index (χ4v) is 3.53. The minimum absolute atomic E-state index is 0.00599. The lowest BCUT2D eigenvalue weighted by Gasteiger charge is -2.16. The number of hydrogen-bond donors (Lipinski definition) is 2. The largest absolute Gasteiger partial charge is 0.493 e. The van der Waals surface area contributed by atoms with Crippen molar-refractivity contribution < 1.29 is 14.3 Å². The Balaban J connectivity index is 1.64. The fraction of sp³-hybridized carbons (Fsp3) is 0.269. The first kappa shape index (κ1) is 23.7. The van der Waals surface area contributed by atoms with E-state index in [1.807, 2.05) is 62.4 Å². The summed E-state index contributed by atoms with van der Waals surface area (Å²) in [6, 6.07) is 19.8. The number of amides is 1. The first-order chi connectivity index (χ1) is 15.4. The van der Waals surface area contributed by atoms with Gasteiger partial charge in [0.2, 0.25) is 5.91 Å². The van der Waals surface area contributed by atoms with E-state index in [2.05, 4.69) is 45.6 Å². The minimum atomic E-state index is -0.0520. The van der Waals surface area contributed by atoms with Gasteiger partial charge in [-0.1, -0.05) is 54.0 Å². The lowest BCUT2D eigenvalue weighted by atomic mass is 10.1. The predicted octanol–water partition coefficient (Wildman–Crippen LogP) is 6.55. The SMILES string of the molecule is COc1cc(CNc2ccc(NC(=O)C(C)C)cc2)c(Br)cc1OCc1ccccc1C. The molecule has 32 heavy (non-hydrogen) atoms. The standard InChI is InChI=1S/C26H29BrN2O3/c1-17(2)26(30)29-22-11-9-21(10-12-22)28-15-20-13-24(31-4)25(14-23(20)27)32-16-19-8-6-5-7-18(19)3/h5-14,17,28H,15-16H2,1-4H3,(H,29,30). The van der Waals surface area contributed by atoms with E-state index in [1.54, 1.807) is 7.11 Å². The van der Waals surface area contributed by atoms with Crippen LogP contribution in [0.5, 0.6) is 11.5 Å². The summed E-state index contributed by atoms with van der Waals surface area (Å²) in [7, 11) is 1.64. The zero-order valence-corrected chi connectivity index (χ0v) is 20.5. The van der Waals surface area contributed by atoms with Crippen molar-refractivity contribution in [1.82, 2.24) is 0 Å². The Labute approximate surface area is 198 Å². The van der Waals surface area contributed by atoms with Gasteiger partial charge >= 0.3 is 0 Å². The second kappa shape index (κ2) is 11.0. The number of rotatable bonds is 9. The van der Waals surface area contributed by atoms with Crippen molar-refractivity contribution >= 4 is 33.2 Å². The molecule has 3 rings (SSSR count). The number of halogens is 1. The maximum atomic E-state index is 11.8. The van der Waals surface area contributed by atoms with Crippen LogP contribution in [0.1, 0.15) is 30.5 Å². The van der Waals surface area contributed by atoms with Crippen LogP contribution in [-0.4, -0.2) is 13.0 Å². The zero-order chi connectivity index (χ0) is 23.1. The first-order valence-electron chi connectivity index (χ1n) is 10.6. The number of benzene rings is 3. The van der Waals surface area contributed by atoms with Crippen molar-refractivity contribution in [2.75, 3.05) is 17.7 Å². The van der Waals surface area contributed by atoms with Gasteiger partial charge < -0.3 is 20.1 Å². The van der Waals surface area contributed by atoms with Crippen molar-refractivity contribution in [2.24, 2.45) is 5.92 Å². The number of methoxy groups -OCH3 is 1. The third-order valence-electron chi connectivity index (χ3n) is 5.14. The van der Waals surface area contributed by atoms with Crippen molar-refractivity contribution in [2.45, 2.75) is 33.9 Å². The number of ether oxygens (including phenoxy) is 2. The normalized spacial score (nSPS) is 10.7. The summed E-state index contributed by atoms with van der Waals surface area (Å²) in [4.78, 5) is 11.8. The van der Waals surface area contributed by atoms with E-state index in [0.717, 1.165) is 27.0 Å². The monoisotopic (exact) mass is 496 g/mol. The third kappa shape index (κ3) is 6.26. The van der Waals surface area contributed by atoms with Crippen molar-refractivity contribution in [3.05, 3.63) is 81.8 Å². The van der Waals surface area contributed by atoms with E-state index < -0.39 is 0 Å². The molecule has 0 fully saturated rings. The maximum absolute atomic E-state index is 11.8. The van der Waals surface area contributed by atoms with E-state index in [4.69, 9.17) is 9.47 Å². The van der Waals surface area contributed by atoms with Gasteiger partial charge in [-0.3, -0.25) is 4.79 Å². The summed E-state index contributed by atoms with van der Waals surface area (Å²) in [5.74, 6) is 1.33. The lowest BCUT2D eigenvalue weighted by Crippen LogP contribution is -2.17. The van der Waals surface area contributed by atoms with Crippen molar-refractivity contribution in [3.63, 3.8) is 0 Å². The van der Waals surface area contributed by atoms with Gasteiger partial charge in [0.1, 0.15) is 6.61 Å².